The molecule has 1 nitrogen and oxygen atoms in total. The van der Waals surface area contributed by atoms with Crippen LogP contribution in [0.15, 0.2) is 57.9 Å². The summed E-state index contributed by atoms with van der Waals surface area (Å²) in [4.78, 5) is 3.02. The molecule has 0 saturated heterocycles. The molecule has 1 aliphatic heterocycles. The van der Waals surface area contributed by atoms with Crippen LogP contribution in [-0.2, 0) is 5.41 Å². The number of anilines is 1. The van der Waals surface area contributed by atoms with Gasteiger partial charge in [0, 0.05) is 38.7 Å². The molecule has 0 amide bonds. The molecule has 5 heteroatoms. The van der Waals surface area contributed by atoms with Gasteiger partial charge >= 0.3 is 0 Å². The molecule has 0 unspecified atom stereocenters. The molecule has 1 heterocycles. The van der Waals surface area contributed by atoms with Crippen LogP contribution >= 0.6 is 33.3 Å². The molecule has 0 spiro atoms. The van der Waals surface area contributed by atoms with Crippen molar-refractivity contribution in [2.75, 3.05) is 11.4 Å². The van der Waals surface area contributed by atoms with Gasteiger partial charge in [0.2, 0.25) is 0 Å². The summed E-state index contributed by atoms with van der Waals surface area (Å²) < 4.78 is 14.3. The fourth-order valence-electron chi connectivity index (χ4n) is 3.18. The van der Waals surface area contributed by atoms with Crippen molar-refractivity contribution >= 4 is 38.9 Å². The van der Waals surface area contributed by atoms with Crippen molar-refractivity contribution in [3.8, 4) is 0 Å². The molecule has 0 radical (unpaired) electrons. The number of rotatable bonds is 3. The van der Waals surface area contributed by atoms with E-state index in [1.165, 1.54) is 16.5 Å². The van der Waals surface area contributed by atoms with E-state index in [2.05, 4.69) is 31.4 Å². The number of hydrogen-bond acceptors (Lipinski definition) is 2. The third-order valence-corrected chi connectivity index (χ3v) is 6.04. The Morgan fingerprint density at radius 1 is 1.39 bits per heavy atom. The van der Waals surface area contributed by atoms with E-state index in [0.717, 1.165) is 16.3 Å². The zero-order valence-corrected chi connectivity index (χ0v) is 15.5. The minimum Gasteiger partial charge on any atom is -0.340 e. The van der Waals surface area contributed by atoms with Crippen molar-refractivity contribution in [2.24, 2.45) is 0 Å². The molecule has 122 valence electrons. The lowest BCUT2D eigenvalue weighted by molar-refractivity contribution is 0.571. The molecule has 0 atom stereocenters. The van der Waals surface area contributed by atoms with E-state index in [1.807, 2.05) is 18.2 Å². The second-order valence-electron chi connectivity index (χ2n) is 6.39. The number of nitrogens with zero attached hydrogens (tertiary/aromatic N) is 1. The molecule has 1 aromatic rings. The Labute approximate surface area is 150 Å². The van der Waals surface area contributed by atoms with Crippen LogP contribution in [0.3, 0.4) is 0 Å². The van der Waals surface area contributed by atoms with Crippen LogP contribution in [-0.4, -0.2) is 6.54 Å². The van der Waals surface area contributed by atoms with Crippen LogP contribution in [0.5, 0.6) is 0 Å². The third kappa shape index (κ3) is 2.84. The van der Waals surface area contributed by atoms with Crippen LogP contribution < -0.4 is 4.90 Å². The van der Waals surface area contributed by atoms with Gasteiger partial charge in [0.25, 0.3) is 0 Å². The Morgan fingerprint density at radius 3 is 2.78 bits per heavy atom. The van der Waals surface area contributed by atoms with Gasteiger partial charge in [-0.05, 0) is 45.8 Å². The maximum atomic E-state index is 14.3. The van der Waals surface area contributed by atoms with Crippen molar-refractivity contribution in [2.45, 2.75) is 37.0 Å². The van der Waals surface area contributed by atoms with Gasteiger partial charge in [-0.25, -0.2) is 4.39 Å². The Kier molecular flexibility index (Phi) is 4.56. The summed E-state index contributed by atoms with van der Waals surface area (Å²) in [6, 6.07) is 6.11. The van der Waals surface area contributed by atoms with E-state index in [-0.39, 0.29) is 11.2 Å². The fraction of sp³-hybridized carbons (Fsp3) is 0.333. The average molecular weight is 370 g/mol. The van der Waals surface area contributed by atoms with E-state index in [1.54, 1.807) is 0 Å². The molecule has 0 saturated carbocycles. The molecule has 2 aliphatic rings. The predicted molar refractivity (Wildman–Crippen MR) is 99.0 cm³/mol. The topological polar surface area (TPSA) is 3.24 Å². The van der Waals surface area contributed by atoms with Gasteiger partial charge in [-0.2, -0.15) is 0 Å². The summed E-state index contributed by atoms with van der Waals surface area (Å²) in [7, 11) is 7.08. The zero-order valence-electron chi connectivity index (χ0n) is 13.1. The van der Waals surface area contributed by atoms with Gasteiger partial charge in [-0.3, -0.25) is 0 Å². The van der Waals surface area contributed by atoms with Gasteiger partial charge in [-0.1, -0.05) is 44.2 Å². The van der Waals surface area contributed by atoms with E-state index < -0.39 is 0 Å². The molecule has 0 aromatic heterocycles. The summed E-state index contributed by atoms with van der Waals surface area (Å²) in [6.45, 7) is 8.91. The molecule has 1 aliphatic carbocycles. The summed E-state index contributed by atoms with van der Waals surface area (Å²) >= 11 is 6.24. The molecular weight excluding hydrogens is 352 g/mol. The van der Waals surface area contributed by atoms with E-state index in [0.29, 0.717) is 30.0 Å². The van der Waals surface area contributed by atoms with Crippen LogP contribution in [0.2, 0.25) is 0 Å². The van der Waals surface area contributed by atoms with Gasteiger partial charge in [-0.15, -0.1) is 0 Å². The number of fused-ring (bicyclic) bond motifs is 1. The van der Waals surface area contributed by atoms with Crippen LogP contribution in [0.4, 0.5) is 10.1 Å². The first-order valence-corrected chi connectivity index (χ1v) is 9.52. The molecule has 0 N–H and O–H groups in total. The lowest BCUT2D eigenvalue weighted by Gasteiger charge is -2.27. The van der Waals surface area contributed by atoms with Crippen LogP contribution in [0.1, 0.15) is 32.3 Å². The Balaban J connectivity index is 2.04. The highest BCUT2D eigenvalue weighted by Crippen LogP contribution is 2.49. The monoisotopic (exact) mass is 369 g/mol. The Bertz CT molecular complexity index is 737. The van der Waals surface area contributed by atoms with E-state index >= 15 is 0 Å². The largest absolute Gasteiger partial charge is 0.340 e. The van der Waals surface area contributed by atoms with Gasteiger partial charge < -0.3 is 4.90 Å². The standard InChI is InChI=1S/C18H18Cl2FNS/c1-11-18(2,3)14-8-7-12(23-20)9-17(14)22(11)10-13-15(19)5-4-6-16(13)21/h5,7-9H,1,4,6,10H2,2-3H3. The second-order valence-corrected chi connectivity index (χ2v) is 7.88. The first kappa shape index (κ1) is 16.9. The van der Waals surface area contributed by atoms with Gasteiger partial charge in [0.1, 0.15) is 5.83 Å². The lowest BCUT2D eigenvalue weighted by atomic mass is 9.84. The number of halogens is 3. The highest BCUT2D eigenvalue weighted by atomic mass is 35.7. The third-order valence-electron chi connectivity index (χ3n) is 4.69. The summed E-state index contributed by atoms with van der Waals surface area (Å²) in [5.41, 5.74) is 3.51. The minimum absolute atomic E-state index is 0.126. The van der Waals surface area contributed by atoms with Crippen LogP contribution in [0.25, 0.3) is 0 Å². The van der Waals surface area contributed by atoms with Crippen molar-refractivity contribution < 1.29 is 4.39 Å². The molecular formula is C18H18Cl2FNS. The smallest absolute Gasteiger partial charge is 0.107 e. The molecule has 3 rings (SSSR count). The van der Waals surface area contributed by atoms with Crippen LogP contribution in [0, 0.1) is 0 Å². The molecule has 1 aromatic carbocycles. The normalized spacial score (nSPS) is 20.0. The summed E-state index contributed by atoms with van der Waals surface area (Å²) in [6.07, 6.45) is 2.96. The molecule has 0 fully saturated rings. The SMILES string of the molecule is C=C1N(CC2=C(F)CCC=C2Cl)c2cc(SCl)ccc2C1(C)C. The Morgan fingerprint density at radius 2 is 2.13 bits per heavy atom. The van der Waals surface area contributed by atoms with E-state index in [4.69, 9.17) is 22.3 Å². The first-order chi connectivity index (χ1) is 10.9. The second kappa shape index (κ2) is 6.19. The van der Waals surface area contributed by atoms with Gasteiger partial charge in [0.05, 0.1) is 6.54 Å². The Hall–Kier alpha value is -0.900. The minimum atomic E-state index is -0.202. The summed E-state index contributed by atoms with van der Waals surface area (Å²) in [5, 5.41) is 0.510. The number of hydrogen-bond donors (Lipinski definition) is 0. The van der Waals surface area contributed by atoms with Gasteiger partial charge in [0.15, 0.2) is 0 Å². The predicted octanol–water partition coefficient (Wildman–Crippen LogP) is 6.68. The lowest BCUT2D eigenvalue weighted by Crippen LogP contribution is -2.27. The fourth-order valence-corrected chi connectivity index (χ4v) is 4.01. The maximum absolute atomic E-state index is 14.3. The van der Waals surface area contributed by atoms with Crippen molar-refractivity contribution in [1.82, 2.24) is 0 Å². The highest BCUT2D eigenvalue weighted by molar-refractivity contribution is 8.21. The average Bonchev–Trinajstić information content (AvgIpc) is 2.71. The maximum Gasteiger partial charge on any atom is 0.107 e. The van der Waals surface area contributed by atoms with Crippen molar-refractivity contribution in [3.05, 3.63) is 58.5 Å². The quantitative estimate of drug-likeness (QED) is 0.584. The molecule has 23 heavy (non-hydrogen) atoms. The highest BCUT2D eigenvalue weighted by Gasteiger charge is 2.39. The van der Waals surface area contributed by atoms with E-state index in [9.17, 15) is 4.39 Å². The zero-order chi connectivity index (χ0) is 16.8. The molecule has 0 bridgehead atoms. The van der Waals surface area contributed by atoms with Crippen molar-refractivity contribution in [3.63, 3.8) is 0 Å². The number of allylic oxidation sites excluding steroid dienone is 3. The number of benzene rings is 1. The summed E-state index contributed by atoms with van der Waals surface area (Å²) in [5.74, 6) is -0.126. The van der Waals surface area contributed by atoms with Crippen molar-refractivity contribution in [1.29, 1.82) is 0 Å². The first-order valence-electron chi connectivity index (χ1n) is 7.50.